The number of amides is 1. The highest BCUT2D eigenvalue weighted by Gasteiger charge is 2.23. The Morgan fingerprint density at radius 3 is 2.43 bits per heavy atom. The molecule has 37 heavy (non-hydrogen) atoms. The maximum Gasteiger partial charge on any atom is 0.335 e. The van der Waals surface area contributed by atoms with E-state index in [1.807, 2.05) is 54.9 Å². The van der Waals surface area contributed by atoms with Gasteiger partial charge in [0.05, 0.1) is 36.0 Å². The number of anilines is 3. The molecular formula is C29H30N4O4. The molecule has 5 rings (SSSR count). The predicted molar refractivity (Wildman–Crippen MR) is 145 cm³/mol. The van der Waals surface area contributed by atoms with Gasteiger partial charge in [-0.05, 0) is 48.9 Å². The molecule has 3 N–H and O–H groups in total. The van der Waals surface area contributed by atoms with Crippen molar-refractivity contribution in [1.82, 2.24) is 9.88 Å². The van der Waals surface area contributed by atoms with Crippen LogP contribution in [0.3, 0.4) is 0 Å². The monoisotopic (exact) mass is 498 g/mol. The third kappa shape index (κ3) is 5.01. The average molecular weight is 499 g/mol. The summed E-state index contributed by atoms with van der Waals surface area (Å²) in [7, 11) is 1.89. The minimum Gasteiger partial charge on any atom is -0.478 e. The molecule has 1 atom stereocenters. The van der Waals surface area contributed by atoms with Crippen LogP contribution in [0.25, 0.3) is 10.9 Å². The van der Waals surface area contributed by atoms with Crippen molar-refractivity contribution in [2.24, 2.45) is 7.05 Å². The van der Waals surface area contributed by atoms with E-state index in [-0.39, 0.29) is 17.5 Å². The number of aryl methyl sites for hydroxylation is 1. The summed E-state index contributed by atoms with van der Waals surface area (Å²) in [4.78, 5) is 27.1. The first-order valence-corrected chi connectivity index (χ1v) is 12.3. The van der Waals surface area contributed by atoms with Crippen LogP contribution in [0.4, 0.5) is 17.1 Å². The van der Waals surface area contributed by atoms with Crippen molar-refractivity contribution in [1.29, 1.82) is 0 Å². The van der Waals surface area contributed by atoms with Crippen molar-refractivity contribution in [3.63, 3.8) is 0 Å². The lowest BCUT2D eigenvalue weighted by Gasteiger charge is -2.29. The van der Waals surface area contributed by atoms with Gasteiger partial charge in [0.25, 0.3) is 5.91 Å². The van der Waals surface area contributed by atoms with Crippen molar-refractivity contribution in [3.8, 4) is 0 Å². The van der Waals surface area contributed by atoms with Crippen LogP contribution in [0.5, 0.6) is 0 Å². The maximum atomic E-state index is 13.6. The van der Waals surface area contributed by atoms with Gasteiger partial charge in [-0.2, -0.15) is 0 Å². The quantitative estimate of drug-likeness (QED) is 0.334. The highest BCUT2D eigenvalue weighted by molar-refractivity contribution is 6.10. The molecule has 1 aliphatic heterocycles. The summed E-state index contributed by atoms with van der Waals surface area (Å²) in [5, 5.41) is 16.7. The number of hydrogen-bond donors (Lipinski definition) is 3. The lowest BCUT2D eigenvalue weighted by atomic mass is 10.1. The summed E-state index contributed by atoms with van der Waals surface area (Å²) in [6.45, 7) is 4.99. The highest BCUT2D eigenvalue weighted by atomic mass is 16.5. The Morgan fingerprint density at radius 1 is 0.973 bits per heavy atom. The molecule has 8 nitrogen and oxygen atoms in total. The van der Waals surface area contributed by atoms with Crippen LogP contribution in [-0.4, -0.2) is 47.9 Å². The fourth-order valence-corrected chi connectivity index (χ4v) is 4.79. The SMILES string of the molecule is C[C@H](NC(=O)c1c(Nc2cccc(N3CCOCC3)c2)c2ccccc2n1C)c1ccc(C(=O)O)cc1. The van der Waals surface area contributed by atoms with Crippen molar-refractivity contribution in [2.75, 3.05) is 36.5 Å². The standard InChI is InChI=1S/C29H30N4O4/c1-19(20-10-12-21(13-11-20)29(35)36)30-28(34)27-26(24-8-3-4-9-25(24)32(27)2)31-22-6-5-7-23(18-22)33-14-16-37-17-15-33/h3-13,18-19,31H,14-17H2,1-2H3,(H,30,34)(H,35,36)/t19-/m0/s1. The Hall–Kier alpha value is -4.30. The second-order valence-electron chi connectivity index (χ2n) is 9.20. The summed E-state index contributed by atoms with van der Waals surface area (Å²) in [6, 6.07) is 22.4. The predicted octanol–water partition coefficient (Wildman–Crippen LogP) is 4.95. The number of carboxylic acid groups (broad SMARTS) is 1. The molecule has 0 aliphatic carbocycles. The number of fused-ring (bicyclic) bond motifs is 1. The maximum absolute atomic E-state index is 13.6. The highest BCUT2D eigenvalue weighted by Crippen LogP contribution is 2.34. The third-order valence-corrected chi connectivity index (χ3v) is 6.82. The second kappa shape index (κ2) is 10.4. The summed E-state index contributed by atoms with van der Waals surface area (Å²) in [5.74, 6) is -1.20. The zero-order valence-electron chi connectivity index (χ0n) is 20.9. The van der Waals surface area contributed by atoms with E-state index in [1.165, 1.54) is 0 Å². The Bertz CT molecular complexity index is 1440. The van der Waals surface area contributed by atoms with E-state index in [2.05, 4.69) is 27.7 Å². The Morgan fingerprint density at radius 2 is 1.70 bits per heavy atom. The number of ether oxygens (including phenoxy) is 1. The number of nitrogens with one attached hydrogen (secondary N) is 2. The van der Waals surface area contributed by atoms with E-state index in [1.54, 1.807) is 24.3 Å². The van der Waals surface area contributed by atoms with Crippen LogP contribution < -0.4 is 15.5 Å². The van der Waals surface area contributed by atoms with E-state index in [0.29, 0.717) is 18.9 Å². The number of morpholine rings is 1. The van der Waals surface area contributed by atoms with E-state index in [0.717, 1.165) is 46.6 Å². The Labute approximate surface area is 215 Å². The number of rotatable bonds is 7. The molecule has 0 saturated carbocycles. The molecule has 1 saturated heterocycles. The number of aromatic nitrogens is 1. The summed E-state index contributed by atoms with van der Waals surface area (Å²) in [5.41, 5.74) is 5.24. The first-order chi connectivity index (χ1) is 17.9. The lowest BCUT2D eigenvalue weighted by Crippen LogP contribution is -2.36. The lowest BCUT2D eigenvalue weighted by molar-refractivity contribution is 0.0696. The molecule has 2 heterocycles. The normalized spacial score (nSPS) is 14.4. The molecule has 1 aromatic heterocycles. The van der Waals surface area contributed by atoms with Gasteiger partial charge in [0, 0.05) is 36.9 Å². The minimum absolute atomic E-state index is 0.210. The first-order valence-electron chi connectivity index (χ1n) is 12.3. The van der Waals surface area contributed by atoms with Crippen LogP contribution >= 0.6 is 0 Å². The molecule has 1 fully saturated rings. The van der Waals surface area contributed by atoms with Gasteiger partial charge in [-0.1, -0.05) is 36.4 Å². The molecule has 0 unspecified atom stereocenters. The number of carboxylic acids is 1. The number of benzene rings is 3. The smallest absolute Gasteiger partial charge is 0.335 e. The summed E-state index contributed by atoms with van der Waals surface area (Å²) >= 11 is 0. The fraction of sp³-hybridized carbons (Fsp3) is 0.241. The van der Waals surface area contributed by atoms with Gasteiger partial charge < -0.3 is 29.9 Å². The number of carbonyl (C=O) groups excluding carboxylic acids is 1. The number of carbonyl (C=O) groups is 2. The number of nitrogens with zero attached hydrogens (tertiary/aromatic N) is 2. The third-order valence-electron chi connectivity index (χ3n) is 6.82. The van der Waals surface area contributed by atoms with E-state index in [4.69, 9.17) is 9.84 Å². The van der Waals surface area contributed by atoms with Crippen molar-refractivity contribution < 1.29 is 19.4 Å². The number of para-hydroxylation sites is 1. The largest absolute Gasteiger partial charge is 0.478 e. The molecule has 0 radical (unpaired) electrons. The van der Waals surface area contributed by atoms with Crippen molar-refractivity contribution in [3.05, 3.63) is 89.6 Å². The van der Waals surface area contributed by atoms with Crippen LogP contribution in [-0.2, 0) is 11.8 Å². The van der Waals surface area contributed by atoms with Crippen LogP contribution in [0, 0.1) is 0 Å². The molecule has 1 amide bonds. The molecule has 0 bridgehead atoms. The van der Waals surface area contributed by atoms with Gasteiger partial charge in [0.2, 0.25) is 0 Å². The fourth-order valence-electron chi connectivity index (χ4n) is 4.79. The minimum atomic E-state index is -0.979. The second-order valence-corrected chi connectivity index (χ2v) is 9.20. The topological polar surface area (TPSA) is 95.8 Å². The molecule has 1 aliphatic rings. The average Bonchev–Trinajstić information content (AvgIpc) is 3.20. The zero-order valence-corrected chi connectivity index (χ0v) is 20.9. The van der Waals surface area contributed by atoms with Crippen LogP contribution in [0.15, 0.2) is 72.8 Å². The van der Waals surface area contributed by atoms with E-state index in [9.17, 15) is 9.59 Å². The zero-order chi connectivity index (χ0) is 25.9. The van der Waals surface area contributed by atoms with Gasteiger partial charge in [0.1, 0.15) is 5.69 Å². The van der Waals surface area contributed by atoms with E-state index >= 15 is 0 Å². The summed E-state index contributed by atoms with van der Waals surface area (Å²) in [6.07, 6.45) is 0. The van der Waals surface area contributed by atoms with Crippen LogP contribution in [0.1, 0.15) is 39.4 Å². The molecule has 3 aromatic carbocycles. The number of aromatic carboxylic acids is 1. The van der Waals surface area contributed by atoms with E-state index < -0.39 is 5.97 Å². The molecule has 4 aromatic rings. The van der Waals surface area contributed by atoms with Crippen molar-refractivity contribution in [2.45, 2.75) is 13.0 Å². The molecular weight excluding hydrogens is 468 g/mol. The molecule has 190 valence electrons. The van der Waals surface area contributed by atoms with Crippen molar-refractivity contribution >= 4 is 39.8 Å². The Kier molecular flexibility index (Phi) is 6.83. The molecule has 0 spiro atoms. The van der Waals surface area contributed by atoms with Gasteiger partial charge in [-0.3, -0.25) is 4.79 Å². The van der Waals surface area contributed by atoms with Gasteiger partial charge in [0.15, 0.2) is 0 Å². The van der Waals surface area contributed by atoms with Crippen LogP contribution in [0.2, 0.25) is 0 Å². The van der Waals surface area contributed by atoms with Gasteiger partial charge in [-0.25, -0.2) is 4.79 Å². The summed E-state index contributed by atoms with van der Waals surface area (Å²) < 4.78 is 7.39. The van der Waals surface area contributed by atoms with Gasteiger partial charge in [-0.15, -0.1) is 0 Å². The number of hydrogen-bond acceptors (Lipinski definition) is 5. The molecule has 8 heteroatoms. The first kappa shape index (κ1) is 24.4. The van der Waals surface area contributed by atoms with Gasteiger partial charge >= 0.3 is 5.97 Å². The Balaban J connectivity index is 1.45.